The number of halogens is 1. The Labute approximate surface area is 108 Å². The lowest BCUT2D eigenvalue weighted by atomic mass is 10.1. The first-order chi connectivity index (χ1) is 7.86. The standard InChI is InChI=1S/C14H19ClS/c15-14(12-9-10-12)8-4-5-11-16-13-6-2-1-3-7-13/h1-3,6-7,12,14H,4-5,8-11H2. The second-order valence-corrected chi connectivity index (χ2v) is 6.24. The summed E-state index contributed by atoms with van der Waals surface area (Å²) < 4.78 is 0. The molecule has 0 saturated heterocycles. The van der Waals surface area contributed by atoms with E-state index in [2.05, 4.69) is 30.3 Å². The molecule has 2 heteroatoms. The number of hydrogen-bond acceptors (Lipinski definition) is 1. The number of benzene rings is 1. The average molecular weight is 255 g/mol. The summed E-state index contributed by atoms with van der Waals surface area (Å²) in [5, 5.41) is 0.460. The first-order valence-electron chi connectivity index (χ1n) is 6.18. The molecule has 1 saturated carbocycles. The van der Waals surface area contributed by atoms with Crippen molar-refractivity contribution in [3.05, 3.63) is 30.3 Å². The van der Waals surface area contributed by atoms with Gasteiger partial charge in [-0.2, -0.15) is 0 Å². The van der Waals surface area contributed by atoms with E-state index in [1.54, 1.807) is 0 Å². The Morgan fingerprint density at radius 3 is 2.62 bits per heavy atom. The van der Waals surface area contributed by atoms with Crippen molar-refractivity contribution in [1.29, 1.82) is 0 Å². The topological polar surface area (TPSA) is 0 Å². The van der Waals surface area contributed by atoms with Crippen molar-refractivity contribution in [2.24, 2.45) is 5.92 Å². The van der Waals surface area contributed by atoms with E-state index in [4.69, 9.17) is 11.6 Å². The molecule has 0 amide bonds. The fourth-order valence-corrected chi connectivity index (χ4v) is 3.18. The second-order valence-electron chi connectivity index (χ2n) is 4.51. The molecule has 0 spiro atoms. The van der Waals surface area contributed by atoms with Gasteiger partial charge in [-0.05, 0) is 49.5 Å². The van der Waals surface area contributed by atoms with E-state index >= 15 is 0 Å². The van der Waals surface area contributed by atoms with Crippen molar-refractivity contribution >= 4 is 23.4 Å². The third-order valence-corrected chi connectivity index (χ3v) is 4.69. The normalized spacial score (nSPS) is 17.3. The van der Waals surface area contributed by atoms with Crippen molar-refractivity contribution in [2.45, 2.75) is 42.4 Å². The summed E-state index contributed by atoms with van der Waals surface area (Å²) in [6.07, 6.45) is 6.52. The van der Waals surface area contributed by atoms with Crippen molar-refractivity contribution in [3.63, 3.8) is 0 Å². The lowest BCUT2D eigenvalue weighted by molar-refractivity contribution is 0.631. The Hall–Kier alpha value is -0.140. The minimum atomic E-state index is 0.460. The highest BCUT2D eigenvalue weighted by molar-refractivity contribution is 7.99. The summed E-state index contributed by atoms with van der Waals surface area (Å²) in [4.78, 5) is 1.38. The van der Waals surface area contributed by atoms with Crippen LogP contribution in [0.15, 0.2) is 35.2 Å². The zero-order valence-corrected chi connectivity index (χ0v) is 11.1. The van der Waals surface area contributed by atoms with Crippen molar-refractivity contribution in [1.82, 2.24) is 0 Å². The maximum atomic E-state index is 6.27. The van der Waals surface area contributed by atoms with Crippen molar-refractivity contribution < 1.29 is 0 Å². The molecule has 0 nitrogen and oxygen atoms in total. The van der Waals surface area contributed by atoms with Gasteiger partial charge in [0.2, 0.25) is 0 Å². The van der Waals surface area contributed by atoms with Crippen LogP contribution in [0.4, 0.5) is 0 Å². The fraction of sp³-hybridized carbons (Fsp3) is 0.571. The van der Waals surface area contributed by atoms with Crippen LogP contribution in [-0.2, 0) is 0 Å². The van der Waals surface area contributed by atoms with Crippen LogP contribution in [0.1, 0.15) is 32.1 Å². The highest BCUT2D eigenvalue weighted by Crippen LogP contribution is 2.37. The van der Waals surface area contributed by atoms with Gasteiger partial charge in [-0.1, -0.05) is 24.6 Å². The van der Waals surface area contributed by atoms with Gasteiger partial charge in [-0.25, -0.2) is 0 Å². The molecule has 1 aliphatic rings. The predicted octanol–water partition coefficient (Wildman–Crippen LogP) is 4.97. The highest BCUT2D eigenvalue weighted by atomic mass is 35.5. The molecular weight excluding hydrogens is 236 g/mol. The third-order valence-electron chi connectivity index (χ3n) is 3.02. The largest absolute Gasteiger partial charge is 0.126 e. The van der Waals surface area contributed by atoms with Crippen LogP contribution < -0.4 is 0 Å². The Balaban J connectivity index is 1.52. The van der Waals surface area contributed by atoms with Gasteiger partial charge in [0, 0.05) is 10.3 Å². The van der Waals surface area contributed by atoms with Gasteiger partial charge in [0.05, 0.1) is 0 Å². The SMILES string of the molecule is ClC(CCCCSc1ccccc1)C1CC1. The van der Waals surface area contributed by atoms with Gasteiger partial charge < -0.3 is 0 Å². The summed E-state index contributed by atoms with van der Waals surface area (Å²) in [7, 11) is 0. The molecular formula is C14H19ClS. The zero-order valence-electron chi connectivity index (χ0n) is 9.57. The predicted molar refractivity (Wildman–Crippen MR) is 73.4 cm³/mol. The van der Waals surface area contributed by atoms with Crippen molar-refractivity contribution in [2.75, 3.05) is 5.75 Å². The lowest BCUT2D eigenvalue weighted by Gasteiger charge is -2.06. The van der Waals surface area contributed by atoms with E-state index in [1.165, 1.54) is 42.8 Å². The van der Waals surface area contributed by atoms with Gasteiger partial charge in [-0.3, -0.25) is 0 Å². The van der Waals surface area contributed by atoms with E-state index in [9.17, 15) is 0 Å². The lowest BCUT2D eigenvalue weighted by Crippen LogP contribution is -2.00. The van der Waals surface area contributed by atoms with Crippen LogP contribution in [0, 0.1) is 5.92 Å². The molecule has 0 N–H and O–H groups in total. The number of unbranched alkanes of at least 4 members (excludes halogenated alkanes) is 1. The molecule has 0 aromatic heterocycles. The zero-order chi connectivity index (χ0) is 11.2. The number of thioether (sulfide) groups is 1. The number of rotatable bonds is 7. The molecule has 1 atom stereocenters. The maximum absolute atomic E-state index is 6.27. The summed E-state index contributed by atoms with van der Waals surface area (Å²) in [6, 6.07) is 10.6. The molecule has 1 aromatic rings. The van der Waals surface area contributed by atoms with E-state index in [0.717, 1.165) is 5.92 Å². The summed E-state index contributed by atoms with van der Waals surface area (Å²) in [5.41, 5.74) is 0. The number of alkyl halides is 1. The minimum absolute atomic E-state index is 0.460. The Bertz CT molecular complexity index is 295. The average Bonchev–Trinajstić information content (AvgIpc) is 3.13. The smallest absolute Gasteiger partial charge is 0.0364 e. The van der Waals surface area contributed by atoms with Crippen molar-refractivity contribution in [3.8, 4) is 0 Å². The third kappa shape index (κ3) is 4.39. The molecule has 0 bridgehead atoms. The van der Waals surface area contributed by atoms with Crippen LogP contribution in [-0.4, -0.2) is 11.1 Å². The molecule has 0 heterocycles. The second kappa shape index (κ2) is 6.56. The Morgan fingerprint density at radius 2 is 1.94 bits per heavy atom. The van der Waals surface area contributed by atoms with Crippen LogP contribution in [0.25, 0.3) is 0 Å². The molecule has 0 aliphatic heterocycles. The first-order valence-corrected chi connectivity index (χ1v) is 7.60. The van der Waals surface area contributed by atoms with E-state index in [-0.39, 0.29) is 0 Å². The van der Waals surface area contributed by atoms with Crippen LogP contribution in [0.5, 0.6) is 0 Å². The maximum Gasteiger partial charge on any atom is 0.0364 e. The van der Waals surface area contributed by atoms with Gasteiger partial charge in [-0.15, -0.1) is 23.4 Å². The van der Waals surface area contributed by atoms with E-state index in [1.807, 2.05) is 11.8 Å². The molecule has 1 aromatic carbocycles. The Kier molecular flexibility index (Phi) is 5.05. The Morgan fingerprint density at radius 1 is 1.19 bits per heavy atom. The fourth-order valence-electron chi connectivity index (χ4n) is 1.84. The summed E-state index contributed by atoms with van der Waals surface area (Å²) >= 11 is 8.22. The quantitative estimate of drug-likeness (QED) is 0.376. The van der Waals surface area contributed by atoms with E-state index < -0.39 is 0 Å². The van der Waals surface area contributed by atoms with Crippen LogP contribution in [0.2, 0.25) is 0 Å². The molecule has 0 radical (unpaired) electrons. The molecule has 88 valence electrons. The van der Waals surface area contributed by atoms with Crippen LogP contribution >= 0.6 is 23.4 Å². The van der Waals surface area contributed by atoms with Gasteiger partial charge >= 0.3 is 0 Å². The monoisotopic (exact) mass is 254 g/mol. The molecule has 16 heavy (non-hydrogen) atoms. The molecule has 1 aliphatic carbocycles. The first kappa shape index (κ1) is 12.3. The van der Waals surface area contributed by atoms with Crippen LogP contribution in [0.3, 0.4) is 0 Å². The number of hydrogen-bond donors (Lipinski definition) is 0. The van der Waals surface area contributed by atoms with Gasteiger partial charge in [0.1, 0.15) is 0 Å². The van der Waals surface area contributed by atoms with E-state index in [0.29, 0.717) is 5.38 Å². The highest BCUT2D eigenvalue weighted by Gasteiger charge is 2.28. The summed E-state index contributed by atoms with van der Waals surface area (Å²) in [6.45, 7) is 0. The minimum Gasteiger partial charge on any atom is -0.126 e. The molecule has 1 unspecified atom stereocenters. The summed E-state index contributed by atoms with van der Waals surface area (Å²) in [5.74, 6) is 2.07. The van der Waals surface area contributed by atoms with Gasteiger partial charge in [0.25, 0.3) is 0 Å². The molecule has 2 rings (SSSR count). The van der Waals surface area contributed by atoms with Gasteiger partial charge in [0.15, 0.2) is 0 Å². The molecule has 1 fully saturated rings.